The predicted octanol–water partition coefficient (Wildman–Crippen LogP) is 7.70. The summed E-state index contributed by atoms with van der Waals surface area (Å²) in [5.74, 6) is 0. The van der Waals surface area contributed by atoms with Gasteiger partial charge in [-0.3, -0.25) is 0 Å². The molecule has 0 unspecified atom stereocenters. The quantitative estimate of drug-likeness (QED) is 0.209. The molecule has 0 N–H and O–H groups in total. The SMILES string of the molecule is O=S(=O)(c1ccccc1)c1ccc2c(c1)C1(c3ccccc3-c3ccccc31)c1cc(S(=O)(=O)c3ccccc3)ccc1-2. The van der Waals surface area contributed by atoms with E-state index >= 15 is 0 Å². The fourth-order valence-corrected chi connectivity index (χ4v) is 9.52. The van der Waals surface area contributed by atoms with Gasteiger partial charge in [0, 0.05) is 0 Å². The lowest BCUT2D eigenvalue weighted by Gasteiger charge is -2.31. The zero-order valence-electron chi connectivity index (χ0n) is 22.8. The first kappa shape index (κ1) is 25.9. The molecule has 2 aliphatic carbocycles. The second kappa shape index (κ2) is 9.11. The number of rotatable bonds is 4. The molecule has 1 spiro atoms. The van der Waals surface area contributed by atoms with E-state index in [1.54, 1.807) is 84.9 Å². The van der Waals surface area contributed by atoms with Crippen molar-refractivity contribution >= 4 is 19.7 Å². The van der Waals surface area contributed by atoms with E-state index < -0.39 is 25.1 Å². The van der Waals surface area contributed by atoms with Gasteiger partial charge in [0.25, 0.3) is 0 Å². The van der Waals surface area contributed by atoms with Gasteiger partial charge < -0.3 is 0 Å². The third-order valence-electron chi connectivity index (χ3n) is 8.76. The highest BCUT2D eigenvalue weighted by molar-refractivity contribution is 7.91. The summed E-state index contributed by atoms with van der Waals surface area (Å²) >= 11 is 0. The first-order valence-electron chi connectivity index (χ1n) is 13.9. The minimum absolute atomic E-state index is 0.198. The number of sulfone groups is 2. The Balaban J connectivity index is 1.46. The van der Waals surface area contributed by atoms with E-state index in [-0.39, 0.29) is 19.6 Å². The van der Waals surface area contributed by atoms with Crippen LogP contribution in [0.2, 0.25) is 0 Å². The Morgan fingerprint density at radius 3 is 1.09 bits per heavy atom. The van der Waals surface area contributed by atoms with Crippen LogP contribution < -0.4 is 0 Å². The average Bonchev–Trinajstić information content (AvgIpc) is 3.52. The minimum Gasteiger partial charge on any atom is -0.219 e. The van der Waals surface area contributed by atoms with Crippen molar-refractivity contribution in [1.82, 2.24) is 0 Å². The van der Waals surface area contributed by atoms with Crippen molar-refractivity contribution in [3.8, 4) is 22.3 Å². The van der Waals surface area contributed by atoms with Crippen LogP contribution in [-0.2, 0) is 25.1 Å². The number of fused-ring (bicyclic) bond motifs is 10. The van der Waals surface area contributed by atoms with Crippen LogP contribution >= 0.6 is 0 Å². The summed E-state index contributed by atoms with van der Waals surface area (Å²) < 4.78 is 55.5. The largest absolute Gasteiger partial charge is 0.219 e. The van der Waals surface area contributed by atoms with Gasteiger partial charge in [0.1, 0.15) is 0 Å². The molecular weight excluding hydrogens is 573 g/mol. The Hall–Kier alpha value is -4.78. The molecule has 0 heterocycles. The van der Waals surface area contributed by atoms with E-state index in [0.717, 1.165) is 44.5 Å². The summed E-state index contributed by atoms with van der Waals surface area (Å²) in [5.41, 5.74) is 6.61. The van der Waals surface area contributed by atoms with Gasteiger partial charge in [-0.25, -0.2) is 16.8 Å². The topological polar surface area (TPSA) is 68.3 Å². The first-order chi connectivity index (χ1) is 20.8. The van der Waals surface area contributed by atoms with Crippen LogP contribution in [0.5, 0.6) is 0 Å². The summed E-state index contributed by atoms with van der Waals surface area (Å²) in [6, 6.07) is 43.8. The molecule has 2 aliphatic rings. The summed E-state index contributed by atoms with van der Waals surface area (Å²) in [7, 11) is -7.62. The maximum absolute atomic E-state index is 13.9. The van der Waals surface area contributed by atoms with Crippen LogP contribution in [0.1, 0.15) is 22.3 Å². The summed E-state index contributed by atoms with van der Waals surface area (Å²) in [4.78, 5) is 0.846. The van der Waals surface area contributed by atoms with Crippen LogP contribution in [0.4, 0.5) is 0 Å². The third-order valence-corrected chi connectivity index (χ3v) is 12.3. The molecule has 0 atom stereocenters. The summed E-state index contributed by atoms with van der Waals surface area (Å²) in [5, 5.41) is 0. The number of benzene rings is 6. The maximum atomic E-state index is 13.9. The molecule has 0 bridgehead atoms. The molecule has 8 rings (SSSR count). The van der Waals surface area contributed by atoms with Crippen molar-refractivity contribution in [2.75, 3.05) is 0 Å². The van der Waals surface area contributed by atoms with Gasteiger partial charge in [0.05, 0.1) is 25.0 Å². The Morgan fingerprint density at radius 1 is 0.326 bits per heavy atom. The molecule has 208 valence electrons. The third kappa shape index (κ3) is 3.48. The highest BCUT2D eigenvalue weighted by atomic mass is 32.2. The smallest absolute Gasteiger partial charge is 0.206 e. The Labute approximate surface area is 250 Å². The van der Waals surface area contributed by atoms with E-state index in [1.807, 2.05) is 36.4 Å². The highest BCUT2D eigenvalue weighted by Gasteiger charge is 2.52. The lowest BCUT2D eigenvalue weighted by molar-refractivity contribution is 0.594. The number of hydrogen-bond acceptors (Lipinski definition) is 4. The normalized spacial score (nSPS) is 14.1. The summed E-state index contributed by atoms with van der Waals surface area (Å²) in [6.45, 7) is 0. The van der Waals surface area contributed by atoms with Gasteiger partial charge >= 0.3 is 0 Å². The van der Waals surface area contributed by atoms with Crippen LogP contribution in [0.3, 0.4) is 0 Å². The van der Waals surface area contributed by atoms with Crippen LogP contribution in [0.25, 0.3) is 22.3 Å². The minimum atomic E-state index is -3.81. The Bertz CT molecular complexity index is 2140. The van der Waals surface area contributed by atoms with Crippen molar-refractivity contribution < 1.29 is 16.8 Å². The van der Waals surface area contributed by atoms with Crippen molar-refractivity contribution in [3.05, 3.63) is 168 Å². The first-order valence-corrected chi connectivity index (χ1v) is 16.9. The molecule has 0 radical (unpaired) electrons. The molecule has 0 saturated carbocycles. The van der Waals surface area contributed by atoms with E-state index in [0.29, 0.717) is 0 Å². The lowest BCUT2D eigenvalue weighted by atomic mass is 9.70. The molecule has 0 aromatic heterocycles. The van der Waals surface area contributed by atoms with E-state index in [9.17, 15) is 16.8 Å². The van der Waals surface area contributed by atoms with Crippen LogP contribution in [-0.4, -0.2) is 16.8 Å². The molecular formula is C37H24O4S2. The molecule has 6 heteroatoms. The molecule has 0 fully saturated rings. The Kier molecular flexibility index (Phi) is 5.48. The van der Waals surface area contributed by atoms with Crippen molar-refractivity contribution in [2.45, 2.75) is 25.0 Å². The maximum Gasteiger partial charge on any atom is 0.206 e. The fraction of sp³-hybridized carbons (Fsp3) is 0.0270. The van der Waals surface area contributed by atoms with Crippen molar-refractivity contribution in [3.63, 3.8) is 0 Å². The average molecular weight is 597 g/mol. The molecule has 0 saturated heterocycles. The molecule has 6 aromatic rings. The van der Waals surface area contributed by atoms with Gasteiger partial charge in [0.15, 0.2) is 0 Å². The van der Waals surface area contributed by atoms with Crippen LogP contribution in [0, 0.1) is 0 Å². The number of hydrogen-bond donors (Lipinski definition) is 0. The van der Waals surface area contributed by atoms with Crippen molar-refractivity contribution in [1.29, 1.82) is 0 Å². The van der Waals surface area contributed by atoms with Crippen molar-refractivity contribution in [2.24, 2.45) is 0 Å². The molecule has 0 aliphatic heterocycles. The molecule has 0 amide bonds. The van der Waals surface area contributed by atoms with Crippen LogP contribution in [0.15, 0.2) is 165 Å². The lowest BCUT2D eigenvalue weighted by Crippen LogP contribution is -2.26. The van der Waals surface area contributed by atoms with E-state index in [1.165, 1.54) is 0 Å². The monoisotopic (exact) mass is 596 g/mol. The van der Waals surface area contributed by atoms with Gasteiger partial charge in [-0.2, -0.15) is 0 Å². The second-order valence-corrected chi connectivity index (χ2v) is 14.8. The van der Waals surface area contributed by atoms with Gasteiger partial charge in [-0.1, -0.05) is 97.1 Å². The zero-order chi connectivity index (χ0) is 29.4. The van der Waals surface area contributed by atoms with E-state index in [2.05, 4.69) is 24.3 Å². The summed E-state index contributed by atoms with van der Waals surface area (Å²) in [6.07, 6.45) is 0. The zero-order valence-corrected chi connectivity index (χ0v) is 24.4. The van der Waals surface area contributed by atoms with E-state index in [4.69, 9.17) is 0 Å². The standard InChI is InChI=1S/C37H24O4S2/c38-42(39,25-11-3-1-4-12-25)27-19-21-31-32-22-20-28(43(40,41)26-13-5-2-6-14-26)24-36(32)37(35(31)23-27)33-17-9-7-15-29(33)30-16-8-10-18-34(30)37/h1-24H. The molecule has 6 aromatic carbocycles. The fourth-order valence-electron chi connectivity index (χ4n) is 6.90. The molecule has 43 heavy (non-hydrogen) atoms. The van der Waals surface area contributed by atoms with Gasteiger partial charge in [-0.05, 0) is 93.0 Å². The predicted molar refractivity (Wildman–Crippen MR) is 167 cm³/mol. The van der Waals surface area contributed by atoms with Gasteiger partial charge in [0.2, 0.25) is 19.7 Å². The second-order valence-electron chi connectivity index (χ2n) is 10.9. The molecule has 4 nitrogen and oxygen atoms in total. The van der Waals surface area contributed by atoms with Gasteiger partial charge in [-0.15, -0.1) is 0 Å². The Morgan fingerprint density at radius 2 is 0.674 bits per heavy atom. The highest BCUT2D eigenvalue weighted by Crippen LogP contribution is 2.63.